The van der Waals surface area contributed by atoms with E-state index in [0.29, 0.717) is 0 Å². The van der Waals surface area contributed by atoms with E-state index in [1.807, 2.05) is 0 Å². The summed E-state index contributed by atoms with van der Waals surface area (Å²) in [6.45, 7) is 7.77. The normalized spacial score (nSPS) is 23.1. The number of benzene rings is 1. The van der Waals surface area contributed by atoms with Crippen molar-refractivity contribution in [2.24, 2.45) is 0 Å². The molecule has 0 bridgehead atoms. The van der Waals surface area contributed by atoms with Crippen LogP contribution in [0.25, 0.3) is 0 Å². The second-order valence-electron chi connectivity index (χ2n) is 5.63. The van der Waals surface area contributed by atoms with Crippen LogP contribution in [0.2, 0.25) is 0 Å². The van der Waals surface area contributed by atoms with Gasteiger partial charge in [-0.25, -0.2) is 0 Å². The van der Waals surface area contributed by atoms with E-state index in [-0.39, 0.29) is 0 Å². The van der Waals surface area contributed by atoms with Gasteiger partial charge in [0, 0.05) is 19.1 Å². The van der Waals surface area contributed by atoms with E-state index >= 15 is 0 Å². The lowest BCUT2D eigenvalue weighted by atomic mass is 9.76. The maximum atomic E-state index is 3.65. The topological polar surface area (TPSA) is 15.3 Å². The van der Waals surface area contributed by atoms with Crippen molar-refractivity contribution in [1.82, 2.24) is 10.2 Å². The molecule has 0 aliphatic heterocycles. The SMILES string of the molecule is CCN(C)CCNC1CC(c2ccc(C)cc2)C1. The summed E-state index contributed by atoms with van der Waals surface area (Å²) >= 11 is 0. The molecular formula is C16H26N2. The third kappa shape index (κ3) is 3.56. The Hall–Kier alpha value is -0.860. The number of aryl methyl sites for hydroxylation is 1. The molecule has 0 saturated heterocycles. The molecular weight excluding hydrogens is 220 g/mol. The fourth-order valence-corrected chi connectivity index (χ4v) is 2.51. The van der Waals surface area contributed by atoms with E-state index < -0.39 is 0 Å². The van der Waals surface area contributed by atoms with Crippen molar-refractivity contribution in [2.75, 3.05) is 26.7 Å². The zero-order chi connectivity index (χ0) is 13.0. The fourth-order valence-electron chi connectivity index (χ4n) is 2.51. The third-order valence-electron chi connectivity index (χ3n) is 4.15. The van der Waals surface area contributed by atoms with E-state index in [4.69, 9.17) is 0 Å². The predicted octanol–water partition coefficient (Wildman–Crippen LogP) is 2.78. The minimum atomic E-state index is 0.738. The summed E-state index contributed by atoms with van der Waals surface area (Å²) in [5, 5.41) is 3.65. The quantitative estimate of drug-likeness (QED) is 0.830. The van der Waals surface area contributed by atoms with E-state index in [9.17, 15) is 0 Å². The van der Waals surface area contributed by atoms with Gasteiger partial charge < -0.3 is 10.2 Å². The molecule has 1 N–H and O–H groups in total. The van der Waals surface area contributed by atoms with Gasteiger partial charge in [-0.1, -0.05) is 36.8 Å². The van der Waals surface area contributed by atoms with Crippen molar-refractivity contribution in [2.45, 2.75) is 38.6 Å². The van der Waals surface area contributed by atoms with Gasteiger partial charge >= 0.3 is 0 Å². The van der Waals surface area contributed by atoms with Crippen LogP contribution in [-0.4, -0.2) is 37.6 Å². The van der Waals surface area contributed by atoms with Crippen molar-refractivity contribution in [3.63, 3.8) is 0 Å². The maximum absolute atomic E-state index is 3.65. The molecule has 0 atom stereocenters. The lowest BCUT2D eigenvalue weighted by Gasteiger charge is -2.36. The average molecular weight is 246 g/mol. The molecule has 1 fully saturated rings. The van der Waals surface area contributed by atoms with Gasteiger partial charge in [0.05, 0.1) is 0 Å². The highest BCUT2D eigenvalue weighted by Gasteiger charge is 2.29. The molecule has 100 valence electrons. The highest BCUT2D eigenvalue weighted by atomic mass is 15.1. The molecule has 1 saturated carbocycles. The van der Waals surface area contributed by atoms with Gasteiger partial charge in [-0.2, -0.15) is 0 Å². The molecule has 0 heterocycles. The molecule has 0 spiro atoms. The number of nitrogens with zero attached hydrogens (tertiary/aromatic N) is 1. The van der Waals surface area contributed by atoms with Crippen molar-refractivity contribution < 1.29 is 0 Å². The minimum Gasteiger partial charge on any atom is -0.313 e. The van der Waals surface area contributed by atoms with Crippen LogP contribution in [0.1, 0.15) is 36.8 Å². The first kappa shape index (κ1) is 13.6. The Balaban J connectivity index is 1.66. The van der Waals surface area contributed by atoms with Gasteiger partial charge in [0.15, 0.2) is 0 Å². The molecule has 1 aromatic carbocycles. The third-order valence-corrected chi connectivity index (χ3v) is 4.15. The number of rotatable bonds is 6. The van der Waals surface area contributed by atoms with Gasteiger partial charge in [-0.05, 0) is 44.8 Å². The minimum absolute atomic E-state index is 0.738. The van der Waals surface area contributed by atoms with E-state index in [2.05, 4.69) is 55.4 Å². The molecule has 0 amide bonds. The standard InChI is InChI=1S/C16H26N2/c1-4-18(3)10-9-17-16-11-15(12-16)14-7-5-13(2)6-8-14/h5-8,15-17H,4,9-12H2,1-3H3. The summed E-state index contributed by atoms with van der Waals surface area (Å²) in [4.78, 5) is 2.35. The highest BCUT2D eigenvalue weighted by molar-refractivity contribution is 5.26. The summed E-state index contributed by atoms with van der Waals surface area (Å²) < 4.78 is 0. The molecule has 0 radical (unpaired) electrons. The summed E-state index contributed by atoms with van der Waals surface area (Å²) in [6, 6.07) is 9.78. The number of hydrogen-bond acceptors (Lipinski definition) is 2. The Bertz CT molecular complexity index is 352. The number of likely N-dealkylation sites (N-methyl/N-ethyl adjacent to an activating group) is 1. The molecule has 1 aliphatic rings. The zero-order valence-corrected chi connectivity index (χ0v) is 11.9. The van der Waals surface area contributed by atoms with Crippen molar-refractivity contribution >= 4 is 0 Å². The van der Waals surface area contributed by atoms with Crippen LogP contribution in [0.5, 0.6) is 0 Å². The van der Waals surface area contributed by atoms with E-state index in [1.54, 1.807) is 0 Å². The lowest BCUT2D eigenvalue weighted by Crippen LogP contribution is -2.43. The Kier molecular flexibility index (Phi) is 4.79. The molecule has 1 aromatic rings. The largest absolute Gasteiger partial charge is 0.313 e. The van der Waals surface area contributed by atoms with Crippen LogP contribution in [-0.2, 0) is 0 Å². The van der Waals surface area contributed by atoms with Crippen LogP contribution < -0.4 is 5.32 Å². The summed E-state index contributed by atoms with van der Waals surface area (Å²) in [7, 11) is 2.18. The molecule has 2 heteroatoms. The zero-order valence-electron chi connectivity index (χ0n) is 11.9. The van der Waals surface area contributed by atoms with Gasteiger partial charge in [-0.3, -0.25) is 0 Å². The van der Waals surface area contributed by atoms with Crippen LogP contribution >= 0.6 is 0 Å². The van der Waals surface area contributed by atoms with Crippen molar-refractivity contribution in [3.8, 4) is 0 Å². The predicted molar refractivity (Wildman–Crippen MR) is 78.1 cm³/mol. The summed E-state index contributed by atoms with van der Waals surface area (Å²) in [5.74, 6) is 0.784. The van der Waals surface area contributed by atoms with Crippen molar-refractivity contribution in [3.05, 3.63) is 35.4 Å². The Morgan fingerprint density at radius 1 is 1.22 bits per heavy atom. The van der Waals surface area contributed by atoms with Crippen LogP contribution in [0, 0.1) is 6.92 Å². The van der Waals surface area contributed by atoms with E-state index in [0.717, 1.165) is 31.6 Å². The molecule has 0 unspecified atom stereocenters. The second kappa shape index (κ2) is 6.35. The summed E-state index contributed by atoms with van der Waals surface area (Å²) in [6.07, 6.45) is 2.61. The van der Waals surface area contributed by atoms with Crippen LogP contribution in [0.4, 0.5) is 0 Å². The van der Waals surface area contributed by atoms with Crippen LogP contribution in [0.15, 0.2) is 24.3 Å². The Morgan fingerprint density at radius 2 is 1.89 bits per heavy atom. The molecule has 2 rings (SSSR count). The van der Waals surface area contributed by atoms with Gasteiger partial charge in [0.25, 0.3) is 0 Å². The van der Waals surface area contributed by atoms with Gasteiger partial charge in [0.1, 0.15) is 0 Å². The fraction of sp³-hybridized carbons (Fsp3) is 0.625. The average Bonchev–Trinajstić information content (AvgIpc) is 2.33. The first-order valence-electron chi connectivity index (χ1n) is 7.17. The number of hydrogen-bond donors (Lipinski definition) is 1. The molecule has 0 aromatic heterocycles. The Morgan fingerprint density at radius 3 is 2.50 bits per heavy atom. The Labute approximate surface area is 111 Å². The van der Waals surface area contributed by atoms with Gasteiger partial charge in [-0.15, -0.1) is 0 Å². The van der Waals surface area contributed by atoms with Crippen molar-refractivity contribution in [1.29, 1.82) is 0 Å². The molecule has 2 nitrogen and oxygen atoms in total. The molecule has 18 heavy (non-hydrogen) atoms. The first-order chi connectivity index (χ1) is 8.69. The highest BCUT2D eigenvalue weighted by Crippen LogP contribution is 2.36. The summed E-state index contributed by atoms with van der Waals surface area (Å²) in [5.41, 5.74) is 2.87. The maximum Gasteiger partial charge on any atom is 0.0104 e. The number of nitrogens with one attached hydrogen (secondary N) is 1. The lowest BCUT2D eigenvalue weighted by molar-refractivity contribution is 0.270. The van der Waals surface area contributed by atoms with E-state index in [1.165, 1.54) is 24.0 Å². The first-order valence-corrected chi connectivity index (χ1v) is 7.17. The monoisotopic (exact) mass is 246 g/mol. The molecule has 1 aliphatic carbocycles. The van der Waals surface area contributed by atoms with Crippen LogP contribution in [0.3, 0.4) is 0 Å². The second-order valence-corrected chi connectivity index (χ2v) is 5.63. The van der Waals surface area contributed by atoms with Gasteiger partial charge in [0.2, 0.25) is 0 Å². The smallest absolute Gasteiger partial charge is 0.0104 e.